The van der Waals surface area contributed by atoms with Gasteiger partial charge in [-0.3, -0.25) is 0 Å². The number of aromatic amines is 1. The summed E-state index contributed by atoms with van der Waals surface area (Å²) in [6.07, 6.45) is 7.47. The molecule has 0 amide bonds. The molecule has 1 saturated heterocycles. The zero-order valence-electron chi connectivity index (χ0n) is 15.9. The molecule has 5 heteroatoms. The zero-order valence-corrected chi connectivity index (χ0v) is 15.9. The van der Waals surface area contributed by atoms with E-state index >= 15 is 0 Å². The molecule has 2 N–H and O–H groups in total. The summed E-state index contributed by atoms with van der Waals surface area (Å²) in [5, 5.41) is 3.65. The maximum absolute atomic E-state index is 4.69. The van der Waals surface area contributed by atoms with Gasteiger partial charge in [0.2, 0.25) is 0 Å². The summed E-state index contributed by atoms with van der Waals surface area (Å²) in [6.45, 7) is 5.45. The summed E-state index contributed by atoms with van der Waals surface area (Å²) in [5.74, 6) is 1.90. The molecule has 27 heavy (non-hydrogen) atoms. The Hall–Kier alpha value is -2.66. The number of rotatable bonds is 7. The molecule has 2 aromatic heterocycles. The number of nitrogens with one attached hydrogen (secondary N) is 2. The van der Waals surface area contributed by atoms with Crippen LogP contribution in [-0.2, 0) is 0 Å². The number of imidazole rings is 1. The average molecular weight is 361 g/mol. The number of pyridine rings is 1. The summed E-state index contributed by atoms with van der Waals surface area (Å²) in [5.41, 5.74) is 3.17. The number of hydrogen-bond donors (Lipinski definition) is 2. The van der Waals surface area contributed by atoms with Crippen molar-refractivity contribution in [3.8, 4) is 22.6 Å². The van der Waals surface area contributed by atoms with Crippen LogP contribution in [0.15, 0.2) is 54.9 Å². The molecule has 5 nitrogen and oxygen atoms in total. The third-order valence-corrected chi connectivity index (χ3v) is 5.16. The van der Waals surface area contributed by atoms with E-state index in [1.165, 1.54) is 19.3 Å². The molecule has 1 fully saturated rings. The number of benzene rings is 1. The van der Waals surface area contributed by atoms with Gasteiger partial charge in [-0.15, -0.1) is 0 Å². The van der Waals surface area contributed by atoms with Crippen LogP contribution >= 0.6 is 0 Å². The Morgan fingerprint density at radius 3 is 2.74 bits per heavy atom. The fourth-order valence-corrected chi connectivity index (χ4v) is 3.56. The van der Waals surface area contributed by atoms with Crippen LogP contribution in [0.1, 0.15) is 26.2 Å². The molecule has 1 unspecified atom stereocenters. The molecule has 1 aliphatic heterocycles. The van der Waals surface area contributed by atoms with Gasteiger partial charge in [-0.25, -0.2) is 9.97 Å². The molecule has 0 radical (unpaired) electrons. The molecule has 1 aromatic carbocycles. The molecule has 3 heterocycles. The summed E-state index contributed by atoms with van der Waals surface area (Å²) < 4.78 is 0. The van der Waals surface area contributed by atoms with Crippen molar-refractivity contribution in [3.63, 3.8) is 0 Å². The molecule has 0 saturated carbocycles. The minimum Gasteiger partial charge on any atom is -0.355 e. The van der Waals surface area contributed by atoms with Gasteiger partial charge in [-0.05, 0) is 37.1 Å². The lowest BCUT2D eigenvalue weighted by Gasteiger charge is -2.18. The highest BCUT2D eigenvalue weighted by Crippen LogP contribution is 2.24. The van der Waals surface area contributed by atoms with Gasteiger partial charge in [0, 0.05) is 30.9 Å². The quantitative estimate of drug-likeness (QED) is 0.622. The van der Waals surface area contributed by atoms with Gasteiger partial charge in [-0.1, -0.05) is 43.7 Å². The fourth-order valence-electron chi connectivity index (χ4n) is 3.56. The number of hydrogen-bond acceptors (Lipinski definition) is 4. The van der Waals surface area contributed by atoms with Crippen molar-refractivity contribution in [2.75, 3.05) is 24.5 Å². The van der Waals surface area contributed by atoms with Crippen LogP contribution in [0.4, 0.5) is 5.82 Å². The smallest absolute Gasteiger partial charge is 0.139 e. The van der Waals surface area contributed by atoms with E-state index in [0.717, 1.165) is 48.1 Å². The predicted molar refractivity (Wildman–Crippen MR) is 111 cm³/mol. The fraction of sp³-hybridized carbons (Fsp3) is 0.364. The van der Waals surface area contributed by atoms with E-state index < -0.39 is 0 Å². The van der Waals surface area contributed by atoms with E-state index in [1.807, 2.05) is 30.6 Å². The third-order valence-electron chi connectivity index (χ3n) is 5.16. The molecule has 1 aliphatic rings. The van der Waals surface area contributed by atoms with E-state index in [1.54, 1.807) is 0 Å². The van der Waals surface area contributed by atoms with E-state index in [9.17, 15) is 0 Å². The molecular weight excluding hydrogens is 334 g/mol. The number of H-pyrrole nitrogens is 1. The number of anilines is 1. The Balaban J connectivity index is 1.40. The lowest BCUT2D eigenvalue weighted by molar-refractivity contribution is 0.536. The first kappa shape index (κ1) is 17.7. The third kappa shape index (κ3) is 4.19. The van der Waals surface area contributed by atoms with Crippen LogP contribution in [0.25, 0.3) is 22.6 Å². The highest BCUT2D eigenvalue weighted by Gasteiger charge is 2.22. The lowest BCUT2D eigenvalue weighted by Crippen LogP contribution is -2.33. The van der Waals surface area contributed by atoms with Crippen molar-refractivity contribution in [2.24, 2.45) is 0 Å². The number of unbranched alkanes of at least 4 members (excludes halogenated alkanes) is 1. The van der Waals surface area contributed by atoms with Crippen LogP contribution in [-0.4, -0.2) is 40.6 Å². The van der Waals surface area contributed by atoms with E-state index in [0.29, 0.717) is 6.04 Å². The van der Waals surface area contributed by atoms with Crippen LogP contribution in [0.2, 0.25) is 0 Å². The molecule has 1 atom stereocenters. The van der Waals surface area contributed by atoms with Crippen LogP contribution < -0.4 is 10.2 Å². The zero-order chi connectivity index (χ0) is 18.5. The highest BCUT2D eigenvalue weighted by molar-refractivity contribution is 5.64. The SMILES string of the molecule is CCCCNC1CCN(c2ccc(-c3ncc(-c4ccccc4)[nH]3)cn2)C1. The van der Waals surface area contributed by atoms with Crippen molar-refractivity contribution < 1.29 is 0 Å². The van der Waals surface area contributed by atoms with Crippen molar-refractivity contribution in [1.29, 1.82) is 0 Å². The van der Waals surface area contributed by atoms with Gasteiger partial charge in [-0.2, -0.15) is 0 Å². The largest absolute Gasteiger partial charge is 0.355 e. The molecule has 140 valence electrons. The normalized spacial score (nSPS) is 16.8. The van der Waals surface area contributed by atoms with Gasteiger partial charge in [0.25, 0.3) is 0 Å². The summed E-state index contributed by atoms with van der Waals surface area (Å²) >= 11 is 0. The maximum Gasteiger partial charge on any atom is 0.139 e. The maximum atomic E-state index is 4.69. The summed E-state index contributed by atoms with van der Waals surface area (Å²) in [4.78, 5) is 15.0. The minimum atomic E-state index is 0.580. The van der Waals surface area contributed by atoms with E-state index in [2.05, 4.69) is 56.4 Å². The minimum absolute atomic E-state index is 0.580. The molecule has 0 spiro atoms. The van der Waals surface area contributed by atoms with Gasteiger partial charge < -0.3 is 15.2 Å². The molecule has 0 bridgehead atoms. The van der Waals surface area contributed by atoms with E-state index in [4.69, 9.17) is 0 Å². The Bertz CT molecular complexity index is 841. The van der Waals surface area contributed by atoms with Crippen molar-refractivity contribution >= 4 is 5.82 Å². The van der Waals surface area contributed by atoms with Crippen LogP contribution in [0.3, 0.4) is 0 Å². The topological polar surface area (TPSA) is 56.8 Å². The second-order valence-electron chi connectivity index (χ2n) is 7.16. The van der Waals surface area contributed by atoms with Crippen molar-refractivity contribution in [1.82, 2.24) is 20.3 Å². The van der Waals surface area contributed by atoms with Crippen LogP contribution in [0.5, 0.6) is 0 Å². The predicted octanol–water partition coefficient (Wildman–Crippen LogP) is 4.11. The monoisotopic (exact) mass is 361 g/mol. The Morgan fingerprint density at radius 1 is 1.07 bits per heavy atom. The second kappa shape index (κ2) is 8.35. The van der Waals surface area contributed by atoms with E-state index in [-0.39, 0.29) is 0 Å². The Labute approximate surface area is 160 Å². The molecule has 4 rings (SSSR count). The van der Waals surface area contributed by atoms with Gasteiger partial charge >= 0.3 is 0 Å². The van der Waals surface area contributed by atoms with Crippen molar-refractivity contribution in [2.45, 2.75) is 32.2 Å². The van der Waals surface area contributed by atoms with Gasteiger partial charge in [0.05, 0.1) is 11.9 Å². The Morgan fingerprint density at radius 2 is 1.96 bits per heavy atom. The number of nitrogens with zero attached hydrogens (tertiary/aromatic N) is 3. The van der Waals surface area contributed by atoms with Crippen molar-refractivity contribution in [3.05, 3.63) is 54.9 Å². The second-order valence-corrected chi connectivity index (χ2v) is 7.16. The standard InChI is InChI=1S/C22H27N5/c1-2-3-12-23-19-11-13-27(16-19)21-10-9-18(14-24-21)22-25-15-20(26-22)17-7-5-4-6-8-17/h4-10,14-15,19,23H,2-3,11-13,16H2,1H3,(H,25,26). The Kier molecular flexibility index (Phi) is 5.49. The first-order valence-corrected chi connectivity index (χ1v) is 9.88. The first-order valence-electron chi connectivity index (χ1n) is 9.88. The van der Waals surface area contributed by atoms with Crippen LogP contribution in [0, 0.1) is 0 Å². The molecular formula is C22H27N5. The van der Waals surface area contributed by atoms with Gasteiger partial charge in [0.1, 0.15) is 11.6 Å². The van der Waals surface area contributed by atoms with Gasteiger partial charge in [0.15, 0.2) is 0 Å². The summed E-state index contributed by atoms with van der Waals surface area (Å²) in [7, 11) is 0. The average Bonchev–Trinajstić information content (AvgIpc) is 3.39. The lowest BCUT2D eigenvalue weighted by atomic mass is 10.2. The first-order chi connectivity index (χ1) is 13.3. The number of aromatic nitrogens is 3. The summed E-state index contributed by atoms with van der Waals surface area (Å²) in [6, 6.07) is 15.0. The molecule has 0 aliphatic carbocycles. The molecule has 3 aromatic rings. The highest BCUT2D eigenvalue weighted by atomic mass is 15.2.